The van der Waals surface area contributed by atoms with E-state index in [1.165, 1.54) is 11.7 Å². The zero-order valence-corrected chi connectivity index (χ0v) is 15.8. The van der Waals surface area contributed by atoms with Crippen LogP contribution in [0.15, 0.2) is 24.3 Å². The van der Waals surface area contributed by atoms with Crippen molar-refractivity contribution in [3.8, 4) is 5.75 Å². The maximum atomic E-state index is 12.2. The SMILES string of the molecule is Cc1nsnc1COc1ccc(C(=O)NCCCN2CCOCC2)cc1. The van der Waals surface area contributed by atoms with E-state index in [9.17, 15) is 4.79 Å². The van der Waals surface area contributed by atoms with E-state index in [4.69, 9.17) is 9.47 Å². The summed E-state index contributed by atoms with van der Waals surface area (Å²) in [4.78, 5) is 14.6. The zero-order chi connectivity index (χ0) is 18.2. The second-order valence-electron chi connectivity index (χ2n) is 6.17. The van der Waals surface area contributed by atoms with Gasteiger partial charge in [0.05, 0.1) is 30.6 Å². The van der Waals surface area contributed by atoms with Gasteiger partial charge in [-0.15, -0.1) is 0 Å². The molecule has 1 N–H and O–H groups in total. The highest BCUT2D eigenvalue weighted by Gasteiger charge is 2.10. The van der Waals surface area contributed by atoms with Gasteiger partial charge in [0.15, 0.2) is 0 Å². The average molecular weight is 376 g/mol. The lowest BCUT2D eigenvalue weighted by atomic mass is 10.2. The molecule has 1 aromatic carbocycles. The number of rotatable bonds is 8. The molecule has 7 nitrogen and oxygen atoms in total. The van der Waals surface area contributed by atoms with Crippen molar-refractivity contribution in [2.45, 2.75) is 20.0 Å². The maximum absolute atomic E-state index is 12.2. The van der Waals surface area contributed by atoms with Crippen molar-refractivity contribution >= 4 is 17.6 Å². The van der Waals surface area contributed by atoms with Crippen LogP contribution >= 0.6 is 11.7 Å². The highest BCUT2D eigenvalue weighted by molar-refractivity contribution is 6.99. The molecule has 1 fully saturated rings. The Morgan fingerprint density at radius 1 is 1.27 bits per heavy atom. The molecule has 0 bridgehead atoms. The Balaban J connectivity index is 1.38. The molecular weight excluding hydrogens is 352 g/mol. The molecule has 1 aromatic heterocycles. The molecule has 1 aliphatic rings. The number of nitrogens with one attached hydrogen (secondary N) is 1. The molecule has 2 aromatic rings. The Morgan fingerprint density at radius 3 is 2.73 bits per heavy atom. The van der Waals surface area contributed by atoms with Gasteiger partial charge in [-0.2, -0.15) is 8.75 Å². The summed E-state index contributed by atoms with van der Waals surface area (Å²) < 4.78 is 19.3. The van der Waals surface area contributed by atoms with Crippen LogP contribution in [0.2, 0.25) is 0 Å². The highest BCUT2D eigenvalue weighted by Crippen LogP contribution is 2.15. The van der Waals surface area contributed by atoms with Crippen molar-refractivity contribution in [2.24, 2.45) is 0 Å². The first kappa shape index (κ1) is 18.8. The second-order valence-corrected chi connectivity index (χ2v) is 6.70. The number of amides is 1. The number of aromatic nitrogens is 2. The van der Waals surface area contributed by atoms with E-state index in [0.717, 1.165) is 50.7 Å². The Morgan fingerprint density at radius 2 is 2.04 bits per heavy atom. The minimum Gasteiger partial charge on any atom is -0.487 e. The van der Waals surface area contributed by atoms with Crippen molar-refractivity contribution in [3.05, 3.63) is 41.2 Å². The molecule has 0 radical (unpaired) electrons. The third-order valence-corrected chi connectivity index (χ3v) is 4.94. The molecule has 3 rings (SSSR count). The normalized spacial score (nSPS) is 15.0. The summed E-state index contributed by atoms with van der Waals surface area (Å²) in [5, 5.41) is 2.97. The number of hydrogen-bond acceptors (Lipinski definition) is 7. The van der Waals surface area contributed by atoms with Gasteiger partial charge in [-0.1, -0.05) is 0 Å². The number of hydrogen-bond donors (Lipinski definition) is 1. The van der Waals surface area contributed by atoms with Crippen LogP contribution in [-0.2, 0) is 11.3 Å². The first-order valence-electron chi connectivity index (χ1n) is 8.81. The summed E-state index contributed by atoms with van der Waals surface area (Å²) in [6, 6.07) is 7.16. The van der Waals surface area contributed by atoms with Gasteiger partial charge in [-0.25, -0.2) is 0 Å². The fourth-order valence-corrected chi connectivity index (χ4v) is 3.22. The summed E-state index contributed by atoms with van der Waals surface area (Å²) in [6.45, 7) is 7.52. The number of nitrogens with zero attached hydrogens (tertiary/aromatic N) is 3. The third-order valence-electron chi connectivity index (χ3n) is 4.28. The predicted molar refractivity (Wildman–Crippen MR) is 99.6 cm³/mol. The first-order chi connectivity index (χ1) is 12.7. The summed E-state index contributed by atoms with van der Waals surface area (Å²) in [6.07, 6.45) is 0.938. The lowest BCUT2D eigenvalue weighted by molar-refractivity contribution is 0.0374. The van der Waals surface area contributed by atoms with Crippen LogP contribution in [0, 0.1) is 6.92 Å². The van der Waals surface area contributed by atoms with Crippen LogP contribution in [0.4, 0.5) is 0 Å². The van der Waals surface area contributed by atoms with Crippen LogP contribution in [0.1, 0.15) is 28.2 Å². The highest BCUT2D eigenvalue weighted by atomic mass is 32.1. The quantitative estimate of drug-likeness (QED) is 0.709. The standard InChI is InChI=1S/C18H24N4O3S/c1-14-17(21-26-20-14)13-25-16-5-3-15(4-6-16)18(23)19-7-2-8-22-9-11-24-12-10-22/h3-6H,2,7-13H2,1H3,(H,19,23). The van der Waals surface area contributed by atoms with Crippen LogP contribution in [0.3, 0.4) is 0 Å². The van der Waals surface area contributed by atoms with Gasteiger partial charge in [0.2, 0.25) is 0 Å². The van der Waals surface area contributed by atoms with Crippen LogP contribution in [0.5, 0.6) is 5.75 Å². The predicted octanol–water partition coefficient (Wildman–Crippen LogP) is 1.88. The van der Waals surface area contributed by atoms with E-state index in [-0.39, 0.29) is 5.91 Å². The smallest absolute Gasteiger partial charge is 0.251 e. The Hall–Kier alpha value is -2.03. The summed E-state index contributed by atoms with van der Waals surface area (Å²) >= 11 is 1.18. The zero-order valence-electron chi connectivity index (χ0n) is 14.9. The first-order valence-corrected chi connectivity index (χ1v) is 9.54. The lowest BCUT2D eigenvalue weighted by Crippen LogP contribution is -2.38. The number of carbonyl (C=O) groups excluding carboxylic acids is 1. The molecule has 1 saturated heterocycles. The minimum atomic E-state index is -0.0573. The van der Waals surface area contributed by atoms with Gasteiger partial charge in [0.25, 0.3) is 5.91 Å². The molecule has 140 valence electrons. The largest absolute Gasteiger partial charge is 0.487 e. The van der Waals surface area contributed by atoms with Crippen molar-refractivity contribution < 1.29 is 14.3 Å². The monoisotopic (exact) mass is 376 g/mol. The van der Waals surface area contributed by atoms with Crippen LogP contribution in [0.25, 0.3) is 0 Å². The van der Waals surface area contributed by atoms with Gasteiger partial charge in [-0.05, 0) is 44.2 Å². The topological polar surface area (TPSA) is 76.6 Å². The van der Waals surface area contributed by atoms with E-state index in [2.05, 4.69) is 19.0 Å². The fourth-order valence-electron chi connectivity index (χ4n) is 2.67. The number of ether oxygens (including phenoxy) is 2. The molecular formula is C18H24N4O3S. The van der Waals surface area contributed by atoms with E-state index >= 15 is 0 Å². The third kappa shape index (κ3) is 5.48. The van der Waals surface area contributed by atoms with E-state index in [1.54, 1.807) is 24.3 Å². The van der Waals surface area contributed by atoms with Crippen LogP contribution in [-0.4, -0.2) is 58.9 Å². The van der Waals surface area contributed by atoms with Crippen molar-refractivity contribution in [1.82, 2.24) is 19.0 Å². The molecule has 2 heterocycles. The minimum absolute atomic E-state index is 0.0573. The van der Waals surface area contributed by atoms with Crippen LogP contribution < -0.4 is 10.1 Å². The van der Waals surface area contributed by atoms with E-state index in [0.29, 0.717) is 24.5 Å². The number of aryl methyl sites for hydroxylation is 1. The van der Waals surface area contributed by atoms with Crippen molar-refractivity contribution in [3.63, 3.8) is 0 Å². The van der Waals surface area contributed by atoms with Gasteiger partial charge in [0, 0.05) is 25.2 Å². The molecule has 0 unspecified atom stereocenters. The Kier molecular flexibility index (Phi) is 6.93. The molecule has 0 spiro atoms. The molecule has 0 aliphatic carbocycles. The van der Waals surface area contributed by atoms with Crippen molar-refractivity contribution in [2.75, 3.05) is 39.4 Å². The molecule has 26 heavy (non-hydrogen) atoms. The summed E-state index contributed by atoms with van der Waals surface area (Å²) in [5.74, 6) is 0.652. The maximum Gasteiger partial charge on any atom is 0.251 e. The molecule has 1 amide bonds. The fraction of sp³-hybridized carbons (Fsp3) is 0.500. The average Bonchev–Trinajstić information content (AvgIpc) is 3.09. The molecule has 1 aliphatic heterocycles. The van der Waals surface area contributed by atoms with Gasteiger partial charge in [0.1, 0.15) is 18.1 Å². The number of benzene rings is 1. The number of morpholine rings is 1. The number of carbonyl (C=O) groups is 1. The Bertz CT molecular complexity index is 699. The molecule has 0 atom stereocenters. The molecule has 8 heteroatoms. The molecule has 0 saturated carbocycles. The lowest BCUT2D eigenvalue weighted by Gasteiger charge is -2.26. The Labute approximate surface area is 157 Å². The summed E-state index contributed by atoms with van der Waals surface area (Å²) in [7, 11) is 0. The van der Waals surface area contributed by atoms with Crippen molar-refractivity contribution in [1.29, 1.82) is 0 Å². The van der Waals surface area contributed by atoms with Gasteiger partial charge < -0.3 is 14.8 Å². The van der Waals surface area contributed by atoms with Gasteiger partial charge >= 0.3 is 0 Å². The van der Waals surface area contributed by atoms with Gasteiger partial charge in [-0.3, -0.25) is 9.69 Å². The summed E-state index contributed by atoms with van der Waals surface area (Å²) in [5.41, 5.74) is 2.37. The second kappa shape index (κ2) is 9.61. The van der Waals surface area contributed by atoms with E-state index in [1.807, 2.05) is 6.92 Å². The van der Waals surface area contributed by atoms with E-state index < -0.39 is 0 Å².